The molecule has 1 N–H and O–H groups in total. The Bertz CT molecular complexity index is 767. The summed E-state index contributed by atoms with van der Waals surface area (Å²) in [5, 5.41) is 11.8. The molecule has 4 heteroatoms. The van der Waals surface area contributed by atoms with Crippen LogP contribution < -0.4 is 0 Å². The van der Waals surface area contributed by atoms with Crippen molar-refractivity contribution in [2.24, 2.45) is 0 Å². The van der Waals surface area contributed by atoms with Crippen molar-refractivity contribution in [2.75, 3.05) is 26.3 Å². The van der Waals surface area contributed by atoms with Crippen molar-refractivity contribution in [3.05, 3.63) is 47.5 Å². The van der Waals surface area contributed by atoms with Crippen LogP contribution in [0.25, 0.3) is 10.8 Å². The van der Waals surface area contributed by atoms with Crippen molar-refractivity contribution in [3.8, 4) is 0 Å². The molecule has 0 bridgehead atoms. The zero-order valence-electron chi connectivity index (χ0n) is 14.5. The summed E-state index contributed by atoms with van der Waals surface area (Å²) in [6, 6.07) is 12.4. The lowest BCUT2D eigenvalue weighted by atomic mass is 9.76. The predicted octanol–water partition coefficient (Wildman–Crippen LogP) is 3.90. The number of hydrogen-bond acceptors (Lipinski definition) is 3. The van der Waals surface area contributed by atoms with Crippen LogP contribution in [0.4, 0.5) is 0 Å². The molecule has 1 saturated heterocycles. The monoisotopic (exact) mass is 339 g/mol. The number of fused-ring (bicyclic) bond motifs is 1. The van der Waals surface area contributed by atoms with Crippen LogP contribution in [0, 0.1) is 0 Å². The lowest BCUT2D eigenvalue weighted by Crippen LogP contribution is -2.47. The second-order valence-electron chi connectivity index (χ2n) is 7.16. The molecule has 2 aromatic rings. The number of nitrogens with zero attached hydrogens (tertiary/aromatic N) is 1. The van der Waals surface area contributed by atoms with Crippen molar-refractivity contribution in [3.63, 3.8) is 0 Å². The van der Waals surface area contributed by atoms with E-state index in [1.165, 1.54) is 12.8 Å². The first-order chi connectivity index (χ1) is 12.3. The molecule has 1 saturated carbocycles. The van der Waals surface area contributed by atoms with Gasteiger partial charge < -0.3 is 9.84 Å². The van der Waals surface area contributed by atoms with E-state index in [1.54, 1.807) is 0 Å². The van der Waals surface area contributed by atoms with Crippen LogP contribution >= 0.6 is 0 Å². The number of morpholine rings is 1. The van der Waals surface area contributed by atoms with E-state index in [0.29, 0.717) is 17.5 Å². The number of aromatic carboxylic acids is 1. The van der Waals surface area contributed by atoms with Gasteiger partial charge in [-0.25, -0.2) is 4.79 Å². The molecule has 2 fully saturated rings. The van der Waals surface area contributed by atoms with Gasteiger partial charge in [0.2, 0.25) is 0 Å². The zero-order valence-corrected chi connectivity index (χ0v) is 14.5. The van der Waals surface area contributed by atoms with E-state index in [9.17, 15) is 9.90 Å². The van der Waals surface area contributed by atoms with Gasteiger partial charge in [-0.3, -0.25) is 4.90 Å². The Morgan fingerprint density at radius 2 is 1.80 bits per heavy atom. The quantitative estimate of drug-likeness (QED) is 0.921. The van der Waals surface area contributed by atoms with Gasteiger partial charge in [0.1, 0.15) is 0 Å². The van der Waals surface area contributed by atoms with Crippen molar-refractivity contribution < 1.29 is 14.6 Å². The van der Waals surface area contributed by atoms with Gasteiger partial charge in [-0.15, -0.1) is 0 Å². The molecule has 25 heavy (non-hydrogen) atoms. The molecule has 2 aliphatic rings. The van der Waals surface area contributed by atoms with E-state index in [-0.39, 0.29) is 0 Å². The summed E-state index contributed by atoms with van der Waals surface area (Å²) >= 11 is 0. The van der Waals surface area contributed by atoms with Crippen LogP contribution in [0.3, 0.4) is 0 Å². The van der Waals surface area contributed by atoms with Crippen molar-refractivity contribution >= 4 is 16.7 Å². The molecule has 132 valence electrons. The Hall–Kier alpha value is -1.91. The van der Waals surface area contributed by atoms with Crippen LogP contribution in [0.1, 0.15) is 47.5 Å². The Kier molecular flexibility index (Phi) is 4.73. The molecule has 1 aliphatic heterocycles. The van der Waals surface area contributed by atoms with Gasteiger partial charge in [0.15, 0.2) is 0 Å². The van der Waals surface area contributed by atoms with Crippen LogP contribution in [0.5, 0.6) is 0 Å². The molecule has 4 nitrogen and oxygen atoms in total. The van der Waals surface area contributed by atoms with Gasteiger partial charge >= 0.3 is 5.97 Å². The van der Waals surface area contributed by atoms with Crippen LogP contribution in [-0.2, 0) is 4.74 Å². The molecule has 1 unspecified atom stereocenters. The number of hydrogen-bond donors (Lipinski definition) is 1. The fourth-order valence-electron chi connectivity index (χ4n) is 4.66. The molecular formula is C21H25NO3. The topological polar surface area (TPSA) is 49.8 Å². The number of rotatable bonds is 3. The number of carbonyl (C=O) groups is 1. The lowest BCUT2D eigenvalue weighted by Gasteiger charge is -2.42. The van der Waals surface area contributed by atoms with Crippen LogP contribution in [0.2, 0.25) is 0 Å². The minimum absolute atomic E-state index is 0.294. The van der Waals surface area contributed by atoms with E-state index in [4.69, 9.17) is 4.74 Å². The summed E-state index contributed by atoms with van der Waals surface area (Å²) in [5.74, 6) is -0.513. The minimum Gasteiger partial charge on any atom is -0.478 e. The average molecular weight is 339 g/mol. The minimum atomic E-state index is -0.807. The van der Waals surface area contributed by atoms with Gasteiger partial charge in [-0.1, -0.05) is 49.2 Å². The summed E-state index contributed by atoms with van der Waals surface area (Å²) in [5.41, 5.74) is 1.52. The van der Waals surface area contributed by atoms with E-state index in [0.717, 1.165) is 55.5 Å². The van der Waals surface area contributed by atoms with Crippen molar-refractivity contribution in [1.29, 1.82) is 0 Å². The summed E-state index contributed by atoms with van der Waals surface area (Å²) in [6.07, 6.45) is 4.63. The maximum absolute atomic E-state index is 12.1. The maximum Gasteiger partial charge on any atom is 0.336 e. The van der Waals surface area contributed by atoms with Gasteiger partial charge in [0, 0.05) is 25.0 Å². The second-order valence-corrected chi connectivity index (χ2v) is 7.16. The van der Waals surface area contributed by atoms with Gasteiger partial charge in [0.25, 0.3) is 0 Å². The maximum atomic E-state index is 12.1. The number of carboxylic acids is 1. The Labute approximate surface area is 148 Å². The molecule has 0 spiro atoms. The predicted molar refractivity (Wildman–Crippen MR) is 98.3 cm³/mol. The molecule has 4 rings (SSSR count). The molecular weight excluding hydrogens is 314 g/mol. The van der Waals surface area contributed by atoms with Crippen LogP contribution in [0.15, 0.2) is 36.4 Å². The zero-order chi connectivity index (χ0) is 17.2. The molecule has 1 aliphatic carbocycles. The van der Waals surface area contributed by atoms with Crippen LogP contribution in [-0.4, -0.2) is 48.3 Å². The fraction of sp³-hybridized carbons (Fsp3) is 0.476. The molecule has 1 heterocycles. The number of ether oxygens (including phenoxy) is 1. The Balaban J connectivity index is 1.78. The van der Waals surface area contributed by atoms with E-state index < -0.39 is 5.97 Å². The van der Waals surface area contributed by atoms with Crippen molar-refractivity contribution in [2.45, 2.75) is 37.6 Å². The molecule has 2 atom stereocenters. The Morgan fingerprint density at radius 3 is 2.60 bits per heavy atom. The summed E-state index contributed by atoms with van der Waals surface area (Å²) in [7, 11) is 0. The van der Waals surface area contributed by atoms with E-state index in [2.05, 4.69) is 17.0 Å². The Morgan fingerprint density at radius 1 is 1.04 bits per heavy atom. The highest BCUT2D eigenvalue weighted by molar-refractivity contribution is 6.05. The van der Waals surface area contributed by atoms with Gasteiger partial charge in [0.05, 0.1) is 18.8 Å². The largest absolute Gasteiger partial charge is 0.478 e. The highest BCUT2D eigenvalue weighted by Gasteiger charge is 2.34. The summed E-state index contributed by atoms with van der Waals surface area (Å²) in [4.78, 5) is 14.6. The number of carboxylic acid groups (broad SMARTS) is 1. The molecule has 0 radical (unpaired) electrons. The van der Waals surface area contributed by atoms with Crippen molar-refractivity contribution in [1.82, 2.24) is 4.90 Å². The summed E-state index contributed by atoms with van der Waals surface area (Å²) in [6.45, 7) is 3.48. The second kappa shape index (κ2) is 7.14. The third kappa shape index (κ3) is 3.16. The van der Waals surface area contributed by atoms with Gasteiger partial charge in [-0.2, -0.15) is 0 Å². The first-order valence-electron chi connectivity index (χ1n) is 9.32. The third-order valence-corrected chi connectivity index (χ3v) is 5.82. The standard InChI is InChI=1S/C21H25NO3/c23-21(24)20-16-6-2-1-5-15(16)9-10-18(20)17-7-3-4-8-19(17)22-11-13-25-14-12-22/h1-2,5-6,9-10,17,19H,3-4,7-8,11-14H2,(H,23,24)/t17?,19-/m0/s1. The summed E-state index contributed by atoms with van der Waals surface area (Å²) < 4.78 is 5.52. The average Bonchev–Trinajstić information content (AvgIpc) is 2.67. The van der Waals surface area contributed by atoms with E-state index in [1.807, 2.05) is 24.3 Å². The first kappa shape index (κ1) is 16.6. The first-order valence-corrected chi connectivity index (χ1v) is 9.32. The van der Waals surface area contributed by atoms with Gasteiger partial charge in [-0.05, 0) is 29.2 Å². The SMILES string of the molecule is O=C(O)c1c(C2CCCC[C@@H]2N2CCOCC2)ccc2ccccc12. The fourth-order valence-corrected chi connectivity index (χ4v) is 4.66. The molecule has 0 aromatic heterocycles. The molecule has 2 aromatic carbocycles. The normalized spacial score (nSPS) is 25.1. The lowest BCUT2D eigenvalue weighted by molar-refractivity contribution is 0.00275. The highest BCUT2D eigenvalue weighted by atomic mass is 16.5. The smallest absolute Gasteiger partial charge is 0.336 e. The number of benzene rings is 2. The third-order valence-electron chi connectivity index (χ3n) is 5.82. The molecule has 0 amide bonds. The highest BCUT2D eigenvalue weighted by Crippen LogP contribution is 2.39. The van der Waals surface area contributed by atoms with E-state index >= 15 is 0 Å².